The van der Waals surface area contributed by atoms with Gasteiger partial charge in [0.2, 0.25) is 5.91 Å². The molecule has 1 amide bonds. The topological polar surface area (TPSA) is 189 Å². The lowest BCUT2D eigenvalue weighted by atomic mass is 9.98. The zero-order valence-corrected chi connectivity index (χ0v) is 48.8. The average Bonchev–Trinajstić information content (AvgIpc) is 3.41. The number of hydrogen-bond acceptors (Lipinski definition) is 10. The smallest absolute Gasteiger partial charge is 0.249 e. The molecule has 0 saturated carbocycles. The van der Waals surface area contributed by atoms with Crippen LogP contribution < -0.4 is 5.32 Å². The predicted octanol–water partition coefficient (Wildman–Crippen LogP) is 14.5. The minimum Gasteiger partial charge on any atom is -0.394 e. The number of rotatable bonds is 56. The van der Waals surface area contributed by atoms with Crippen LogP contribution in [0.2, 0.25) is 0 Å². The van der Waals surface area contributed by atoms with E-state index >= 15 is 0 Å². The van der Waals surface area contributed by atoms with Gasteiger partial charge in [0.05, 0.1) is 25.4 Å². The van der Waals surface area contributed by atoms with Crippen molar-refractivity contribution in [3.05, 3.63) is 24.3 Å². The van der Waals surface area contributed by atoms with Crippen LogP contribution in [0.4, 0.5) is 0 Å². The summed E-state index contributed by atoms with van der Waals surface area (Å²) in [6.07, 6.45) is 54.2. The van der Waals surface area contributed by atoms with Crippen LogP contribution in [-0.2, 0) is 14.3 Å². The fourth-order valence-corrected chi connectivity index (χ4v) is 10.5. The monoisotopic (exact) mass is 1070 g/mol. The average molecular weight is 1070 g/mol. The molecule has 0 aliphatic carbocycles. The second-order valence-corrected chi connectivity index (χ2v) is 22.8. The molecule has 0 radical (unpaired) electrons. The van der Waals surface area contributed by atoms with Gasteiger partial charge in [0.15, 0.2) is 6.29 Å². The minimum atomic E-state index is -1.66. The zero-order valence-electron chi connectivity index (χ0n) is 48.8. The van der Waals surface area contributed by atoms with Crippen molar-refractivity contribution in [2.75, 3.05) is 13.2 Å². The Kier molecular flexibility index (Phi) is 50.8. The third kappa shape index (κ3) is 41.3. The first-order chi connectivity index (χ1) is 36.7. The van der Waals surface area contributed by atoms with E-state index in [1.54, 1.807) is 0 Å². The van der Waals surface area contributed by atoms with Crippen LogP contribution in [0.1, 0.15) is 309 Å². The molecule has 11 heteroatoms. The second kappa shape index (κ2) is 53.2. The van der Waals surface area contributed by atoms with Crippen molar-refractivity contribution in [3.63, 3.8) is 0 Å². The van der Waals surface area contributed by atoms with Gasteiger partial charge in [0, 0.05) is 0 Å². The van der Waals surface area contributed by atoms with Crippen LogP contribution in [0.15, 0.2) is 24.3 Å². The summed E-state index contributed by atoms with van der Waals surface area (Å²) in [6.45, 7) is 3.47. The molecular weight excluding hydrogens is 943 g/mol. The molecule has 0 spiro atoms. The van der Waals surface area contributed by atoms with E-state index in [4.69, 9.17) is 9.47 Å². The van der Waals surface area contributed by atoms with E-state index < -0.39 is 74.2 Å². The molecule has 9 atom stereocenters. The Balaban J connectivity index is 2.13. The highest BCUT2D eigenvalue weighted by Gasteiger charge is 2.44. The molecular formula is C64H123NO10. The number of aliphatic hydroxyl groups excluding tert-OH is 7. The SMILES string of the molecule is CCCCCCCCCCCCCCC/C=C\C/C=C\CCCCCCCCCCCCCCCCCCC(O)C(=O)NC(COC1OC(CO)C(O)C(O)C1O)C(O)C(O)CCCCCCCCCCCCCC. The normalized spacial score (nSPS) is 19.8. The van der Waals surface area contributed by atoms with Crippen molar-refractivity contribution in [3.8, 4) is 0 Å². The number of ether oxygens (including phenoxy) is 2. The summed E-state index contributed by atoms with van der Waals surface area (Å²) < 4.78 is 11.1. The van der Waals surface area contributed by atoms with Crippen LogP contribution in [0.5, 0.6) is 0 Å². The van der Waals surface area contributed by atoms with E-state index in [1.165, 1.54) is 225 Å². The zero-order chi connectivity index (χ0) is 54.7. The van der Waals surface area contributed by atoms with Gasteiger partial charge in [-0.05, 0) is 44.9 Å². The van der Waals surface area contributed by atoms with Gasteiger partial charge in [-0.15, -0.1) is 0 Å². The highest BCUT2D eigenvalue weighted by Crippen LogP contribution is 2.24. The van der Waals surface area contributed by atoms with Crippen molar-refractivity contribution >= 4 is 5.91 Å². The first-order valence-corrected chi connectivity index (χ1v) is 32.2. The number of carbonyl (C=O) groups excluding carboxylic acids is 1. The van der Waals surface area contributed by atoms with Crippen molar-refractivity contribution in [2.24, 2.45) is 0 Å². The van der Waals surface area contributed by atoms with Gasteiger partial charge in [0.1, 0.15) is 36.6 Å². The fraction of sp³-hybridized carbons (Fsp3) is 0.922. The summed E-state index contributed by atoms with van der Waals surface area (Å²) in [7, 11) is 0. The standard InChI is InChI=1S/C64H123NO10/c1-3-5-7-9-11-13-15-17-18-19-20-21-22-23-24-25-26-27-28-29-30-31-32-33-34-35-36-37-38-39-40-42-44-46-48-50-52-57(68)63(73)65-55(54-74-64-62(72)61(71)60(70)58(53-66)75-64)59(69)56(67)51-49-47-45-43-41-16-14-12-10-8-6-4-2/h24-25,27-28,55-62,64,66-72H,3-23,26,29-54H2,1-2H3,(H,65,73)/b25-24-,28-27-. The molecule has 1 rings (SSSR count). The highest BCUT2D eigenvalue weighted by atomic mass is 16.7. The maximum atomic E-state index is 13.2. The molecule has 1 aliphatic rings. The quantitative estimate of drug-likeness (QED) is 0.0215. The fourth-order valence-electron chi connectivity index (χ4n) is 10.5. The van der Waals surface area contributed by atoms with Crippen molar-refractivity contribution in [1.82, 2.24) is 5.32 Å². The summed E-state index contributed by atoms with van der Waals surface area (Å²) in [6, 6.07) is -1.17. The maximum absolute atomic E-state index is 13.2. The van der Waals surface area contributed by atoms with E-state index in [1.807, 2.05) is 0 Å². The van der Waals surface area contributed by atoms with Gasteiger partial charge in [-0.1, -0.05) is 289 Å². The predicted molar refractivity (Wildman–Crippen MR) is 312 cm³/mol. The lowest BCUT2D eigenvalue weighted by Gasteiger charge is -2.40. The van der Waals surface area contributed by atoms with E-state index in [9.17, 15) is 40.5 Å². The van der Waals surface area contributed by atoms with Crippen LogP contribution in [-0.4, -0.2) is 110 Å². The summed E-state index contributed by atoms with van der Waals surface area (Å²) in [4.78, 5) is 13.2. The molecule has 1 saturated heterocycles. The van der Waals surface area contributed by atoms with E-state index in [0.29, 0.717) is 19.3 Å². The van der Waals surface area contributed by atoms with Crippen molar-refractivity contribution in [1.29, 1.82) is 0 Å². The van der Waals surface area contributed by atoms with Crippen molar-refractivity contribution in [2.45, 2.75) is 364 Å². The molecule has 1 aliphatic heterocycles. The van der Waals surface area contributed by atoms with Gasteiger partial charge in [-0.3, -0.25) is 4.79 Å². The van der Waals surface area contributed by atoms with E-state index in [2.05, 4.69) is 43.5 Å². The molecule has 75 heavy (non-hydrogen) atoms. The molecule has 11 nitrogen and oxygen atoms in total. The Morgan fingerprint density at radius 1 is 0.467 bits per heavy atom. The number of carbonyl (C=O) groups is 1. The number of amides is 1. The Morgan fingerprint density at radius 3 is 1.19 bits per heavy atom. The Morgan fingerprint density at radius 2 is 0.813 bits per heavy atom. The highest BCUT2D eigenvalue weighted by molar-refractivity contribution is 5.80. The Labute approximate surface area is 461 Å². The largest absolute Gasteiger partial charge is 0.394 e. The first kappa shape index (κ1) is 71.6. The molecule has 1 heterocycles. The van der Waals surface area contributed by atoms with Gasteiger partial charge < -0.3 is 50.5 Å². The summed E-state index contributed by atoms with van der Waals surface area (Å²) >= 11 is 0. The molecule has 444 valence electrons. The number of nitrogens with one attached hydrogen (secondary N) is 1. The van der Waals surface area contributed by atoms with E-state index in [0.717, 1.165) is 44.9 Å². The van der Waals surface area contributed by atoms with Gasteiger partial charge in [0.25, 0.3) is 0 Å². The summed E-state index contributed by atoms with van der Waals surface area (Å²) in [5.74, 6) is -0.693. The molecule has 1 fully saturated rings. The van der Waals surface area contributed by atoms with Crippen molar-refractivity contribution < 1.29 is 50.0 Å². The molecule has 0 bridgehead atoms. The van der Waals surface area contributed by atoms with Gasteiger partial charge in [-0.25, -0.2) is 0 Å². The molecule has 9 unspecified atom stereocenters. The number of hydrogen-bond donors (Lipinski definition) is 8. The lowest BCUT2D eigenvalue weighted by molar-refractivity contribution is -0.303. The Bertz CT molecular complexity index is 1270. The third-order valence-corrected chi connectivity index (χ3v) is 15.8. The summed E-state index contributed by atoms with van der Waals surface area (Å²) in [5.41, 5.74) is 0. The van der Waals surface area contributed by atoms with Crippen LogP contribution in [0, 0.1) is 0 Å². The molecule has 0 aromatic heterocycles. The lowest BCUT2D eigenvalue weighted by Crippen LogP contribution is -2.60. The molecule has 0 aromatic carbocycles. The molecule has 0 aromatic rings. The minimum absolute atomic E-state index is 0.263. The van der Waals surface area contributed by atoms with Gasteiger partial charge >= 0.3 is 0 Å². The third-order valence-electron chi connectivity index (χ3n) is 15.8. The first-order valence-electron chi connectivity index (χ1n) is 32.2. The van der Waals surface area contributed by atoms with E-state index in [-0.39, 0.29) is 6.42 Å². The van der Waals surface area contributed by atoms with Crippen LogP contribution in [0.25, 0.3) is 0 Å². The maximum Gasteiger partial charge on any atom is 0.249 e. The second-order valence-electron chi connectivity index (χ2n) is 22.8. The Hall–Kier alpha value is -1.41. The summed E-state index contributed by atoms with van der Waals surface area (Å²) in [5, 5.41) is 76.1. The number of allylic oxidation sites excluding steroid dienone is 4. The van der Waals surface area contributed by atoms with Crippen LogP contribution >= 0.6 is 0 Å². The number of aliphatic hydroxyl groups is 7. The molecule has 8 N–H and O–H groups in total. The van der Waals surface area contributed by atoms with Crippen LogP contribution in [0.3, 0.4) is 0 Å². The van der Waals surface area contributed by atoms with Gasteiger partial charge in [-0.2, -0.15) is 0 Å². The number of unbranched alkanes of at least 4 members (excludes halogenated alkanes) is 40.